The lowest BCUT2D eigenvalue weighted by atomic mass is 10.4. The smallest absolute Gasteiger partial charge is 0.333 e. The van der Waals surface area contributed by atoms with Crippen molar-refractivity contribution in [1.82, 2.24) is 0 Å². The van der Waals surface area contributed by atoms with Gasteiger partial charge in [0, 0.05) is 5.57 Å². The molecule has 0 amide bonds. The Labute approximate surface area is 123 Å². The lowest BCUT2D eigenvalue weighted by molar-refractivity contribution is -0.878. The van der Waals surface area contributed by atoms with Crippen LogP contribution in [0.5, 0.6) is 0 Å². The number of hydrogen-bond donors (Lipinski definition) is 1. The van der Waals surface area contributed by atoms with E-state index in [-0.39, 0.29) is 25.6 Å². The molecule has 0 rings (SSSR count). The fourth-order valence-corrected chi connectivity index (χ4v) is 1.04. The van der Waals surface area contributed by atoms with E-state index in [9.17, 15) is 4.79 Å². The van der Waals surface area contributed by atoms with E-state index >= 15 is 0 Å². The van der Waals surface area contributed by atoms with Gasteiger partial charge >= 0.3 is 5.97 Å². The fourth-order valence-electron chi connectivity index (χ4n) is 1.04. The van der Waals surface area contributed by atoms with Crippen LogP contribution in [-0.2, 0) is 9.53 Å². The van der Waals surface area contributed by atoms with Crippen molar-refractivity contribution in [3.05, 3.63) is 37.5 Å². The van der Waals surface area contributed by atoms with Crippen molar-refractivity contribution in [2.75, 3.05) is 40.4 Å². The zero-order valence-electron chi connectivity index (χ0n) is 12.2. The lowest BCUT2D eigenvalue weighted by Gasteiger charge is -2.26. The number of quaternary nitrogens is 1. The van der Waals surface area contributed by atoms with Crippen molar-refractivity contribution in [2.45, 2.75) is 6.92 Å². The highest BCUT2D eigenvalue weighted by Gasteiger charge is 2.07. The van der Waals surface area contributed by atoms with Crippen molar-refractivity contribution in [2.24, 2.45) is 0 Å². The van der Waals surface area contributed by atoms with Crippen LogP contribution in [0, 0.1) is 0 Å². The Morgan fingerprint density at radius 3 is 1.95 bits per heavy atom. The van der Waals surface area contributed by atoms with Crippen LogP contribution in [0.3, 0.4) is 0 Å². The van der Waals surface area contributed by atoms with Gasteiger partial charge in [-0.05, 0) is 19.1 Å². The van der Waals surface area contributed by atoms with E-state index in [1.165, 1.54) is 0 Å². The predicted octanol–water partition coefficient (Wildman–Crippen LogP) is -1.46. The summed E-state index contributed by atoms with van der Waals surface area (Å²) in [6.45, 7) is 14.2. The lowest BCUT2D eigenvalue weighted by Crippen LogP contribution is -3.00. The zero-order valence-corrected chi connectivity index (χ0v) is 12.9. The van der Waals surface area contributed by atoms with Gasteiger partial charge in [0.15, 0.2) is 0 Å². The van der Waals surface area contributed by atoms with Crippen LogP contribution in [0.25, 0.3) is 0 Å². The summed E-state index contributed by atoms with van der Waals surface area (Å²) in [5, 5.41) is 8.19. The molecule has 0 saturated heterocycles. The highest BCUT2D eigenvalue weighted by atomic mass is 35.5. The molecule has 0 aliphatic heterocycles. The quantitative estimate of drug-likeness (QED) is 0.270. The summed E-state index contributed by atoms with van der Waals surface area (Å²) >= 11 is 0. The summed E-state index contributed by atoms with van der Waals surface area (Å²) in [7, 11) is 4.31. The number of nitrogens with zero attached hydrogens (tertiary/aromatic N) is 1. The van der Waals surface area contributed by atoms with E-state index in [0.717, 1.165) is 17.6 Å². The maximum absolute atomic E-state index is 10.5. The van der Waals surface area contributed by atoms with Gasteiger partial charge in [0.1, 0.15) is 6.61 Å². The molecule has 112 valence electrons. The van der Waals surface area contributed by atoms with E-state index in [1.807, 2.05) is 12.2 Å². The molecular formula is C14H26ClNO3. The van der Waals surface area contributed by atoms with Crippen LogP contribution in [0.2, 0.25) is 0 Å². The number of carbonyl (C=O) groups excluding carboxylic acids is 1. The van der Waals surface area contributed by atoms with Crippen LogP contribution in [0.4, 0.5) is 0 Å². The number of halogens is 1. The number of carbonyl (C=O) groups is 1. The van der Waals surface area contributed by atoms with Gasteiger partial charge in [-0.2, -0.15) is 0 Å². The molecule has 0 aromatic heterocycles. The molecule has 0 fully saturated rings. The standard InChI is InChI=1S/C8H16N.C6H10O3.ClH/c1-5-7-9(3,4)8-6-2;1-5(2)6(8)9-4-3-7;/h5-6H,1-2,7-8H2,3-4H3;7H,1,3-4H2,2H3;1H/q+1;;/p-1. The van der Waals surface area contributed by atoms with Gasteiger partial charge in [0.2, 0.25) is 0 Å². The average Bonchev–Trinajstić information content (AvgIpc) is 2.26. The summed E-state index contributed by atoms with van der Waals surface area (Å²) in [4.78, 5) is 10.5. The van der Waals surface area contributed by atoms with Gasteiger partial charge in [-0.25, -0.2) is 4.79 Å². The molecule has 0 aliphatic rings. The average molecular weight is 292 g/mol. The second kappa shape index (κ2) is 13.3. The second-order valence-electron chi connectivity index (χ2n) is 4.52. The highest BCUT2D eigenvalue weighted by molar-refractivity contribution is 5.86. The van der Waals surface area contributed by atoms with Crippen LogP contribution in [-0.4, -0.2) is 56.0 Å². The summed E-state index contributed by atoms with van der Waals surface area (Å²) in [6, 6.07) is 0. The van der Waals surface area contributed by atoms with Gasteiger partial charge in [-0.15, -0.1) is 0 Å². The van der Waals surface area contributed by atoms with Gasteiger partial charge in [0.05, 0.1) is 33.8 Å². The fraction of sp³-hybridized carbons (Fsp3) is 0.500. The molecule has 0 aromatic carbocycles. The molecule has 0 spiro atoms. The number of aliphatic hydroxyl groups excluding tert-OH is 1. The number of ether oxygens (including phenoxy) is 1. The Morgan fingerprint density at radius 1 is 1.26 bits per heavy atom. The van der Waals surface area contributed by atoms with E-state index in [0.29, 0.717) is 5.57 Å². The summed E-state index contributed by atoms with van der Waals surface area (Å²) in [6.07, 6.45) is 3.87. The number of likely N-dealkylation sites (N-methyl/N-ethyl adjacent to an activating group) is 1. The van der Waals surface area contributed by atoms with Crippen LogP contribution < -0.4 is 12.4 Å². The molecule has 0 saturated carbocycles. The van der Waals surface area contributed by atoms with Crippen molar-refractivity contribution in [1.29, 1.82) is 0 Å². The monoisotopic (exact) mass is 291 g/mol. The maximum atomic E-state index is 10.5. The molecule has 0 radical (unpaired) electrons. The third-order valence-electron chi connectivity index (χ3n) is 1.92. The molecule has 5 heteroatoms. The third-order valence-corrected chi connectivity index (χ3v) is 1.92. The van der Waals surface area contributed by atoms with E-state index < -0.39 is 5.97 Å². The summed E-state index contributed by atoms with van der Waals surface area (Å²) in [5.41, 5.74) is 0.350. The second-order valence-corrected chi connectivity index (χ2v) is 4.52. The Hall–Kier alpha value is -1.10. The molecule has 0 unspecified atom stereocenters. The van der Waals surface area contributed by atoms with E-state index in [4.69, 9.17) is 5.11 Å². The normalized spacial score (nSPS) is 9.26. The van der Waals surface area contributed by atoms with E-state index in [1.54, 1.807) is 6.92 Å². The SMILES string of the molecule is C=C(C)C(=O)OCCO.C=CC[N+](C)(C)CC=C.[Cl-]. The van der Waals surface area contributed by atoms with Crippen molar-refractivity contribution in [3.8, 4) is 0 Å². The Balaban J connectivity index is -0.000000256. The topological polar surface area (TPSA) is 46.5 Å². The first kappa shape index (κ1) is 23.0. The van der Waals surface area contributed by atoms with Gasteiger partial charge in [-0.3, -0.25) is 0 Å². The number of esters is 1. The molecule has 4 nitrogen and oxygen atoms in total. The number of rotatable bonds is 7. The summed E-state index contributed by atoms with van der Waals surface area (Å²) in [5.74, 6) is -0.455. The molecule has 19 heavy (non-hydrogen) atoms. The Morgan fingerprint density at radius 2 is 1.68 bits per heavy atom. The minimum atomic E-state index is -0.455. The largest absolute Gasteiger partial charge is 1.00 e. The first-order chi connectivity index (χ1) is 8.30. The molecule has 0 aromatic rings. The minimum Gasteiger partial charge on any atom is -1.00 e. The van der Waals surface area contributed by atoms with Gasteiger partial charge < -0.3 is 26.7 Å². The number of aliphatic hydroxyl groups is 1. The minimum absolute atomic E-state index is 0. The van der Waals surface area contributed by atoms with Crippen molar-refractivity contribution in [3.63, 3.8) is 0 Å². The molecule has 0 bridgehead atoms. The predicted molar refractivity (Wildman–Crippen MR) is 75.1 cm³/mol. The number of hydrogen-bond acceptors (Lipinski definition) is 3. The summed E-state index contributed by atoms with van der Waals surface area (Å²) < 4.78 is 5.42. The van der Waals surface area contributed by atoms with Crippen LogP contribution in [0.15, 0.2) is 37.5 Å². The molecule has 0 atom stereocenters. The van der Waals surface area contributed by atoms with Gasteiger partial charge in [0.25, 0.3) is 0 Å². The molecule has 0 aliphatic carbocycles. The zero-order chi connectivity index (χ0) is 14.6. The molecule has 1 N–H and O–H groups in total. The first-order valence-electron chi connectivity index (χ1n) is 5.78. The Kier molecular flexibility index (Phi) is 16.2. The highest BCUT2D eigenvalue weighted by Crippen LogP contribution is 1.95. The van der Waals surface area contributed by atoms with E-state index in [2.05, 4.69) is 38.6 Å². The van der Waals surface area contributed by atoms with Crippen molar-refractivity contribution < 1.29 is 31.5 Å². The van der Waals surface area contributed by atoms with Gasteiger partial charge in [-0.1, -0.05) is 19.7 Å². The Bertz CT molecular complexity index is 276. The van der Waals surface area contributed by atoms with Crippen LogP contribution >= 0.6 is 0 Å². The molecular weight excluding hydrogens is 266 g/mol. The molecule has 0 heterocycles. The van der Waals surface area contributed by atoms with Crippen molar-refractivity contribution >= 4 is 5.97 Å². The first-order valence-corrected chi connectivity index (χ1v) is 5.78. The van der Waals surface area contributed by atoms with Crippen LogP contribution in [0.1, 0.15) is 6.92 Å². The maximum Gasteiger partial charge on any atom is 0.333 e. The third kappa shape index (κ3) is 16.9.